The number of urea groups is 1. The maximum Gasteiger partial charge on any atom is 0.319 e. The molecule has 2 bridgehead atoms. The number of carbonyl (C=O) groups excluding carboxylic acids is 1. The number of benzene rings is 2. The van der Waals surface area contributed by atoms with Gasteiger partial charge >= 0.3 is 6.03 Å². The van der Waals surface area contributed by atoms with Crippen molar-refractivity contribution in [2.24, 2.45) is 0 Å². The van der Waals surface area contributed by atoms with E-state index in [9.17, 15) is 4.79 Å². The number of amides is 2. The largest absolute Gasteiger partial charge is 0.335 e. The molecular formula is C23H30N3O+. The van der Waals surface area contributed by atoms with E-state index >= 15 is 0 Å². The summed E-state index contributed by atoms with van der Waals surface area (Å²) in [6.45, 7) is 3.25. The minimum atomic E-state index is -0.0775. The number of para-hydroxylation sites is 1. The Balaban J connectivity index is 1.36. The summed E-state index contributed by atoms with van der Waals surface area (Å²) in [5.74, 6) is 0. The van der Waals surface area contributed by atoms with E-state index in [1.165, 1.54) is 30.4 Å². The monoisotopic (exact) mass is 364 g/mol. The fourth-order valence-electron chi connectivity index (χ4n) is 4.86. The van der Waals surface area contributed by atoms with Crippen molar-refractivity contribution in [2.45, 2.75) is 63.7 Å². The molecule has 0 saturated carbocycles. The van der Waals surface area contributed by atoms with Gasteiger partial charge in [-0.05, 0) is 38.3 Å². The van der Waals surface area contributed by atoms with Crippen LogP contribution in [0.1, 0.15) is 43.2 Å². The average molecular weight is 365 g/mol. The molecule has 142 valence electrons. The Hall–Kier alpha value is -2.33. The fraction of sp³-hybridized carbons (Fsp3) is 0.435. The first kappa shape index (κ1) is 18.1. The summed E-state index contributed by atoms with van der Waals surface area (Å²) < 4.78 is 0. The van der Waals surface area contributed by atoms with Gasteiger partial charge in [-0.25, -0.2) is 4.79 Å². The van der Waals surface area contributed by atoms with Crippen LogP contribution >= 0.6 is 0 Å². The van der Waals surface area contributed by atoms with Gasteiger partial charge in [0.2, 0.25) is 0 Å². The number of piperidine rings is 2. The number of fused-ring (bicyclic) bond motifs is 2. The van der Waals surface area contributed by atoms with Crippen LogP contribution in [0, 0.1) is 6.92 Å². The van der Waals surface area contributed by atoms with E-state index in [1.54, 1.807) is 4.90 Å². The minimum absolute atomic E-state index is 0.0775. The van der Waals surface area contributed by atoms with Crippen LogP contribution in [0.5, 0.6) is 0 Å². The topological polar surface area (TPSA) is 45.6 Å². The number of anilines is 1. The second kappa shape index (κ2) is 8.13. The molecule has 2 amide bonds. The molecule has 0 aliphatic carbocycles. The van der Waals surface area contributed by atoms with E-state index < -0.39 is 0 Å². The van der Waals surface area contributed by atoms with Gasteiger partial charge in [0.15, 0.2) is 0 Å². The molecule has 2 saturated heterocycles. The summed E-state index contributed by atoms with van der Waals surface area (Å²) in [5.41, 5.74) is 3.60. The van der Waals surface area contributed by atoms with Crippen molar-refractivity contribution in [3.8, 4) is 0 Å². The average Bonchev–Trinajstić information content (AvgIpc) is 2.65. The number of hydrogen-bond acceptors (Lipinski definition) is 1. The molecule has 2 aliphatic rings. The van der Waals surface area contributed by atoms with Crippen LogP contribution in [0.4, 0.5) is 10.5 Å². The molecule has 0 spiro atoms. The molecule has 2 heterocycles. The third kappa shape index (κ3) is 4.51. The zero-order valence-corrected chi connectivity index (χ0v) is 16.1. The zero-order valence-electron chi connectivity index (χ0n) is 16.1. The Morgan fingerprint density at radius 1 is 1.00 bits per heavy atom. The molecule has 0 aromatic heterocycles. The minimum Gasteiger partial charge on any atom is -0.335 e. The predicted octanol–water partition coefficient (Wildman–Crippen LogP) is 3.29. The quantitative estimate of drug-likeness (QED) is 0.766. The maximum absolute atomic E-state index is 12.4. The molecule has 4 atom stereocenters. The van der Waals surface area contributed by atoms with Crippen LogP contribution in [-0.2, 0) is 6.54 Å². The van der Waals surface area contributed by atoms with Crippen molar-refractivity contribution >= 4 is 11.7 Å². The van der Waals surface area contributed by atoms with Crippen molar-refractivity contribution in [3.05, 3.63) is 65.7 Å². The first-order chi connectivity index (χ1) is 13.2. The third-order valence-electron chi connectivity index (χ3n) is 6.19. The highest BCUT2D eigenvalue weighted by atomic mass is 16.2. The lowest BCUT2D eigenvalue weighted by atomic mass is 9.81. The van der Waals surface area contributed by atoms with Crippen molar-refractivity contribution < 1.29 is 9.69 Å². The van der Waals surface area contributed by atoms with Crippen molar-refractivity contribution in [1.29, 1.82) is 0 Å². The lowest BCUT2D eigenvalue weighted by molar-refractivity contribution is -0.973. The Bertz CT molecular complexity index is 745. The lowest BCUT2D eigenvalue weighted by Crippen LogP contribution is -3.20. The first-order valence-electron chi connectivity index (χ1n) is 10.2. The number of quaternary nitrogens is 1. The molecule has 4 nitrogen and oxygen atoms in total. The number of aryl methyl sites for hydroxylation is 1. The lowest BCUT2D eigenvalue weighted by Gasteiger charge is -2.46. The van der Waals surface area contributed by atoms with E-state index in [2.05, 4.69) is 41.8 Å². The Labute approximate surface area is 162 Å². The second-order valence-corrected chi connectivity index (χ2v) is 8.19. The highest BCUT2D eigenvalue weighted by Crippen LogP contribution is 2.23. The molecule has 4 rings (SSSR count). The Morgan fingerprint density at radius 2 is 1.67 bits per heavy atom. The van der Waals surface area contributed by atoms with Gasteiger partial charge in [0.25, 0.3) is 0 Å². The van der Waals surface area contributed by atoms with E-state index in [4.69, 9.17) is 0 Å². The number of nitrogens with one attached hydrogen (secondary N) is 3. The second-order valence-electron chi connectivity index (χ2n) is 8.19. The normalized spacial score (nSPS) is 27.0. The molecule has 2 aliphatic heterocycles. The molecule has 2 unspecified atom stereocenters. The van der Waals surface area contributed by atoms with Gasteiger partial charge in [-0.15, -0.1) is 0 Å². The molecule has 2 fully saturated rings. The van der Waals surface area contributed by atoms with E-state index in [0.717, 1.165) is 25.1 Å². The maximum atomic E-state index is 12.4. The SMILES string of the molecule is Cc1ccc(C[NH+]2[C@@H]3CCC[C@H]2CC(NC(=O)Nc2ccccc2)C3)cc1. The molecule has 0 radical (unpaired) electrons. The summed E-state index contributed by atoms with van der Waals surface area (Å²) in [5, 5.41) is 6.18. The predicted molar refractivity (Wildman–Crippen MR) is 109 cm³/mol. The summed E-state index contributed by atoms with van der Waals surface area (Å²) in [6, 6.07) is 20.2. The van der Waals surface area contributed by atoms with Crippen LogP contribution in [0.3, 0.4) is 0 Å². The van der Waals surface area contributed by atoms with Crippen LogP contribution in [0.15, 0.2) is 54.6 Å². The molecule has 2 aromatic carbocycles. The van der Waals surface area contributed by atoms with Crippen molar-refractivity contribution in [2.75, 3.05) is 5.32 Å². The highest BCUT2D eigenvalue weighted by Gasteiger charge is 2.42. The Morgan fingerprint density at radius 3 is 2.33 bits per heavy atom. The molecular weight excluding hydrogens is 334 g/mol. The molecule has 4 heteroatoms. The third-order valence-corrected chi connectivity index (χ3v) is 6.19. The van der Waals surface area contributed by atoms with Crippen LogP contribution < -0.4 is 15.5 Å². The molecule has 2 aromatic rings. The van der Waals surface area contributed by atoms with Crippen LogP contribution in [0.2, 0.25) is 0 Å². The van der Waals surface area contributed by atoms with Gasteiger partial charge in [0.05, 0.1) is 12.1 Å². The smallest absolute Gasteiger partial charge is 0.319 e. The standard InChI is InChI=1S/C23H29N3O/c1-17-10-12-18(13-11-17)16-26-21-8-5-9-22(26)15-20(14-21)25-23(27)24-19-6-3-2-4-7-19/h2-4,6-7,10-13,20-22H,5,8-9,14-16H2,1H3,(H2,24,25,27)/p+1/t20?,21-,22+. The van der Waals surface area contributed by atoms with Gasteiger partial charge < -0.3 is 15.5 Å². The van der Waals surface area contributed by atoms with Gasteiger partial charge in [0.1, 0.15) is 6.54 Å². The van der Waals surface area contributed by atoms with Crippen LogP contribution in [-0.4, -0.2) is 24.2 Å². The summed E-state index contributed by atoms with van der Waals surface area (Å²) >= 11 is 0. The number of carbonyl (C=O) groups is 1. The number of rotatable bonds is 4. The number of hydrogen-bond donors (Lipinski definition) is 3. The highest BCUT2D eigenvalue weighted by molar-refractivity contribution is 5.89. The van der Waals surface area contributed by atoms with E-state index in [1.807, 2.05) is 30.3 Å². The first-order valence-corrected chi connectivity index (χ1v) is 10.2. The summed E-state index contributed by atoms with van der Waals surface area (Å²) in [7, 11) is 0. The summed E-state index contributed by atoms with van der Waals surface area (Å²) in [6.07, 6.45) is 6.04. The fourth-order valence-corrected chi connectivity index (χ4v) is 4.86. The van der Waals surface area contributed by atoms with Gasteiger partial charge in [-0.1, -0.05) is 48.0 Å². The van der Waals surface area contributed by atoms with E-state index in [-0.39, 0.29) is 12.1 Å². The van der Waals surface area contributed by atoms with Gasteiger partial charge in [-0.2, -0.15) is 0 Å². The summed E-state index contributed by atoms with van der Waals surface area (Å²) in [4.78, 5) is 14.1. The van der Waals surface area contributed by atoms with Crippen LogP contribution in [0.25, 0.3) is 0 Å². The van der Waals surface area contributed by atoms with E-state index in [0.29, 0.717) is 12.1 Å². The van der Waals surface area contributed by atoms with Crippen molar-refractivity contribution in [1.82, 2.24) is 5.32 Å². The van der Waals surface area contributed by atoms with Gasteiger partial charge in [-0.3, -0.25) is 0 Å². The molecule has 3 N–H and O–H groups in total. The zero-order chi connectivity index (χ0) is 18.6. The molecule has 27 heavy (non-hydrogen) atoms. The van der Waals surface area contributed by atoms with Gasteiger partial charge in [0, 0.05) is 30.1 Å². The Kier molecular flexibility index (Phi) is 5.44. The van der Waals surface area contributed by atoms with Crippen molar-refractivity contribution in [3.63, 3.8) is 0 Å².